The van der Waals surface area contributed by atoms with Crippen LogP contribution in [0.3, 0.4) is 0 Å². The van der Waals surface area contributed by atoms with Crippen molar-refractivity contribution in [1.82, 2.24) is 14.1 Å². The Kier molecular flexibility index (Phi) is 4.77. The molecule has 0 aliphatic carbocycles. The van der Waals surface area contributed by atoms with E-state index < -0.39 is 10.0 Å². The van der Waals surface area contributed by atoms with Crippen molar-refractivity contribution in [3.05, 3.63) is 36.7 Å². The van der Waals surface area contributed by atoms with Crippen molar-refractivity contribution in [2.24, 2.45) is 0 Å². The van der Waals surface area contributed by atoms with Crippen LogP contribution >= 0.6 is 0 Å². The van der Waals surface area contributed by atoms with Crippen LogP contribution in [0.1, 0.15) is 6.92 Å². The van der Waals surface area contributed by atoms with Crippen LogP contribution in [0.4, 0.5) is 5.69 Å². The van der Waals surface area contributed by atoms with E-state index in [9.17, 15) is 8.42 Å². The second-order valence-corrected chi connectivity index (χ2v) is 7.56. The van der Waals surface area contributed by atoms with E-state index in [4.69, 9.17) is 4.74 Å². The summed E-state index contributed by atoms with van der Waals surface area (Å²) in [6.07, 6.45) is 3.01. The maximum Gasteiger partial charge on any atom is 0.246 e. The van der Waals surface area contributed by atoms with Crippen LogP contribution in [0.15, 0.2) is 41.6 Å². The molecule has 1 aromatic heterocycles. The van der Waals surface area contributed by atoms with E-state index in [0.717, 1.165) is 11.4 Å². The zero-order valence-corrected chi connectivity index (χ0v) is 14.7. The molecule has 0 spiro atoms. The minimum absolute atomic E-state index is 0.263. The molecule has 1 aliphatic heterocycles. The number of sulfonamides is 1. The highest BCUT2D eigenvalue weighted by molar-refractivity contribution is 7.89. The van der Waals surface area contributed by atoms with Gasteiger partial charge in [0.2, 0.25) is 10.0 Å². The quantitative estimate of drug-likeness (QED) is 0.816. The number of benzene rings is 1. The summed E-state index contributed by atoms with van der Waals surface area (Å²) in [5.41, 5.74) is 1.05. The summed E-state index contributed by atoms with van der Waals surface area (Å²) in [5.74, 6) is 0.800. The number of aromatic nitrogens is 2. The molecule has 1 fully saturated rings. The topological polar surface area (TPSA) is 67.7 Å². The number of ether oxygens (including phenoxy) is 1. The maximum absolute atomic E-state index is 12.7. The predicted octanol–water partition coefficient (Wildman–Crippen LogP) is 1.42. The van der Waals surface area contributed by atoms with Gasteiger partial charge in [0.1, 0.15) is 10.6 Å². The first kappa shape index (κ1) is 16.8. The number of hydrogen-bond donors (Lipinski definition) is 0. The molecular formula is C16H22N4O3S. The highest BCUT2D eigenvalue weighted by Gasteiger charge is 2.29. The first-order valence-electron chi connectivity index (χ1n) is 7.96. The second kappa shape index (κ2) is 6.82. The van der Waals surface area contributed by atoms with Crippen molar-refractivity contribution in [2.45, 2.75) is 18.4 Å². The molecule has 0 unspecified atom stereocenters. The van der Waals surface area contributed by atoms with Crippen LogP contribution in [0.2, 0.25) is 0 Å². The van der Waals surface area contributed by atoms with Gasteiger partial charge < -0.3 is 9.64 Å². The third-order valence-corrected chi connectivity index (χ3v) is 6.08. The zero-order chi connectivity index (χ0) is 17.2. The molecule has 0 radical (unpaired) electrons. The standard InChI is InChI=1S/C16H22N4O3S/c1-3-19-13-16(12-17-19)24(21,22)20-9-7-18(8-10-20)14-5-4-6-15(11-14)23-2/h4-6,11-13H,3,7-10H2,1-2H3. The third-order valence-electron chi connectivity index (χ3n) is 4.23. The lowest BCUT2D eigenvalue weighted by Crippen LogP contribution is -2.48. The van der Waals surface area contributed by atoms with Crippen molar-refractivity contribution in [3.63, 3.8) is 0 Å². The normalized spacial score (nSPS) is 16.3. The summed E-state index contributed by atoms with van der Waals surface area (Å²) >= 11 is 0. The summed E-state index contributed by atoms with van der Waals surface area (Å²) < 4.78 is 33.8. The monoisotopic (exact) mass is 350 g/mol. The summed E-state index contributed by atoms with van der Waals surface area (Å²) in [6.45, 7) is 4.78. The molecule has 1 aromatic carbocycles. The van der Waals surface area contributed by atoms with Gasteiger partial charge in [-0.25, -0.2) is 8.42 Å². The van der Waals surface area contributed by atoms with Gasteiger partial charge in [0, 0.05) is 50.7 Å². The summed E-state index contributed by atoms with van der Waals surface area (Å²) in [6, 6.07) is 7.82. The Morgan fingerprint density at radius 3 is 2.58 bits per heavy atom. The molecule has 7 nitrogen and oxygen atoms in total. The Morgan fingerprint density at radius 2 is 1.96 bits per heavy atom. The van der Waals surface area contributed by atoms with Crippen LogP contribution in [0.25, 0.3) is 0 Å². The van der Waals surface area contributed by atoms with Crippen LogP contribution in [-0.2, 0) is 16.6 Å². The first-order valence-corrected chi connectivity index (χ1v) is 9.40. The SMILES string of the molecule is CCn1cc(S(=O)(=O)N2CCN(c3cccc(OC)c3)CC2)cn1. The summed E-state index contributed by atoms with van der Waals surface area (Å²) in [4.78, 5) is 2.43. The molecule has 1 aliphatic rings. The van der Waals surface area contributed by atoms with Gasteiger partial charge in [-0.3, -0.25) is 4.68 Å². The fraction of sp³-hybridized carbons (Fsp3) is 0.438. The molecule has 0 atom stereocenters. The van der Waals surface area contributed by atoms with Gasteiger partial charge in [0.15, 0.2) is 0 Å². The molecule has 0 N–H and O–H groups in total. The largest absolute Gasteiger partial charge is 0.497 e. The summed E-state index contributed by atoms with van der Waals surface area (Å²) in [5, 5.41) is 4.06. The lowest BCUT2D eigenvalue weighted by Gasteiger charge is -2.35. The predicted molar refractivity (Wildman–Crippen MR) is 91.9 cm³/mol. The van der Waals surface area contributed by atoms with Crippen LogP contribution in [0.5, 0.6) is 5.75 Å². The van der Waals surface area contributed by atoms with Crippen LogP contribution in [-0.4, -0.2) is 55.8 Å². The van der Waals surface area contributed by atoms with Crippen molar-refractivity contribution >= 4 is 15.7 Å². The molecule has 0 amide bonds. The van der Waals surface area contributed by atoms with Crippen LogP contribution < -0.4 is 9.64 Å². The highest BCUT2D eigenvalue weighted by Crippen LogP contribution is 2.24. The van der Waals surface area contributed by atoms with E-state index in [1.807, 2.05) is 31.2 Å². The lowest BCUT2D eigenvalue weighted by molar-refractivity contribution is 0.384. The Labute approximate surface area is 142 Å². The van der Waals surface area contributed by atoms with E-state index in [0.29, 0.717) is 32.7 Å². The van der Waals surface area contributed by atoms with Crippen molar-refractivity contribution < 1.29 is 13.2 Å². The molecular weight excluding hydrogens is 328 g/mol. The maximum atomic E-state index is 12.7. The van der Waals surface area contributed by atoms with Gasteiger partial charge in [-0.1, -0.05) is 6.07 Å². The number of nitrogens with zero attached hydrogens (tertiary/aromatic N) is 4. The Hall–Kier alpha value is -2.06. The molecule has 1 saturated heterocycles. The number of rotatable bonds is 5. The smallest absolute Gasteiger partial charge is 0.246 e. The number of aryl methyl sites for hydroxylation is 1. The Bertz CT molecular complexity index is 795. The third kappa shape index (κ3) is 3.25. The van der Waals surface area contributed by atoms with Crippen molar-refractivity contribution in [3.8, 4) is 5.75 Å². The Balaban J connectivity index is 1.70. The number of methoxy groups -OCH3 is 1. The molecule has 0 bridgehead atoms. The van der Waals surface area contributed by atoms with E-state index in [1.54, 1.807) is 18.0 Å². The minimum atomic E-state index is -3.47. The average Bonchev–Trinajstić information content (AvgIpc) is 3.12. The minimum Gasteiger partial charge on any atom is -0.497 e. The van der Waals surface area contributed by atoms with Gasteiger partial charge in [-0.2, -0.15) is 9.40 Å². The van der Waals surface area contributed by atoms with E-state index in [1.165, 1.54) is 10.5 Å². The van der Waals surface area contributed by atoms with Gasteiger partial charge >= 0.3 is 0 Å². The lowest BCUT2D eigenvalue weighted by atomic mass is 10.2. The van der Waals surface area contributed by atoms with Crippen molar-refractivity contribution in [2.75, 3.05) is 38.2 Å². The Morgan fingerprint density at radius 1 is 1.21 bits per heavy atom. The molecule has 24 heavy (non-hydrogen) atoms. The van der Waals surface area contributed by atoms with E-state index in [2.05, 4.69) is 10.00 Å². The molecule has 3 rings (SSSR count). The fourth-order valence-corrected chi connectivity index (χ4v) is 4.17. The zero-order valence-electron chi connectivity index (χ0n) is 13.9. The van der Waals surface area contributed by atoms with Gasteiger partial charge in [0.05, 0.1) is 13.3 Å². The van der Waals surface area contributed by atoms with Gasteiger partial charge in [-0.05, 0) is 19.1 Å². The highest BCUT2D eigenvalue weighted by atomic mass is 32.2. The molecule has 2 aromatic rings. The van der Waals surface area contributed by atoms with Gasteiger partial charge in [-0.15, -0.1) is 0 Å². The second-order valence-electron chi connectivity index (χ2n) is 5.62. The average molecular weight is 350 g/mol. The van der Waals surface area contributed by atoms with Crippen molar-refractivity contribution in [1.29, 1.82) is 0 Å². The van der Waals surface area contributed by atoms with E-state index in [-0.39, 0.29) is 4.90 Å². The fourth-order valence-electron chi connectivity index (χ4n) is 2.79. The molecule has 2 heterocycles. The number of anilines is 1. The molecule has 130 valence electrons. The summed E-state index contributed by atoms with van der Waals surface area (Å²) in [7, 11) is -1.83. The number of hydrogen-bond acceptors (Lipinski definition) is 5. The number of piperazine rings is 1. The van der Waals surface area contributed by atoms with Crippen LogP contribution in [0, 0.1) is 0 Å². The van der Waals surface area contributed by atoms with E-state index >= 15 is 0 Å². The molecule has 0 saturated carbocycles. The first-order chi connectivity index (χ1) is 11.5. The molecule has 8 heteroatoms. The van der Waals surface area contributed by atoms with Gasteiger partial charge in [0.25, 0.3) is 0 Å².